The highest BCUT2D eigenvalue weighted by Crippen LogP contribution is 2.38. The van der Waals surface area contributed by atoms with Gasteiger partial charge in [-0.3, -0.25) is 4.79 Å². The summed E-state index contributed by atoms with van der Waals surface area (Å²) in [6, 6.07) is 13.0. The average Bonchev–Trinajstić information content (AvgIpc) is 3.17. The molecule has 2 aromatic carbocycles. The molecular formula is C24H22ClNO3S. The summed E-state index contributed by atoms with van der Waals surface area (Å²) in [6.45, 7) is 2.04. The van der Waals surface area contributed by atoms with Crippen LogP contribution in [0.15, 0.2) is 47.8 Å². The SMILES string of the molecule is CCOC(=O)c1c(-c2ccc3c(c2)CCCC3)csc1NC(=O)c1ccc(Cl)cc1. The molecule has 1 amide bonds. The molecule has 1 aliphatic carbocycles. The zero-order chi connectivity index (χ0) is 21.1. The van der Waals surface area contributed by atoms with Crippen LogP contribution in [0.25, 0.3) is 11.1 Å². The van der Waals surface area contributed by atoms with Gasteiger partial charge in [-0.1, -0.05) is 29.8 Å². The lowest BCUT2D eigenvalue weighted by Crippen LogP contribution is -2.14. The summed E-state index contributed by atoms with van der Waals surface area (Å²) in [7, 11) is 0. The predicted octanol–water partition coefficient (Wildman–Crippen LogP) is 6.38. The van der Waals surface area contributed by atoms with Crippen LogP contribution in [0.1, 0.15) is 51.6 Å². The van der Waals surface area contributed by atoms with Gasteiger partial charge in [0.15, 0.2) is 0 Å². The Kier molecular flexibility index (Phi) is 6.21. The minimum absolute atomic E-state index is 0.267. The van der Waals surface area contributed by atoms with E-state index in [4.69, 9.17) is 16.3 Å². The molecule has 4 nitrogen and oxygen atoms in total. The number of ether oxygens (including phenoxy) is 1. The summed E-state index contributed by atoms with van der Waals surface area (Å²) < 4.78 is 5.30. The molecule has 1 aliphatic rings. The standard InChI is InChI=1S/C24H22ClNO3S/c1-2-29-24(28)21-20(18-8-7-15-5-3-4-6-17(15)13-18)14-30-23(21)26-22(27)16-9-11-19(25)12-10-16/h7-14H,2-6H2,1H3,(H,26,27). The minimum Gasteiger partial charge on any atom is -0.462 e. The van der Waals surface area contributed by atoms with E-state index in [0.29, 0.717) is 21.2 Å². The fraction of sp³-hybridized carbons (Fsp3) is 0.250. The highest BCUT2D eigenvalue weighted by molar-refractivity contribution is 7.15. The summed E-state index contributed by atoms with van der Waals surface area (Å²) in [6.07, 6.45) is 4.57. The van der Waals surface area contributed by atoms with Crippen molar-refractivity contribution >= 4 is 39.8 Å². The van der Waals surface area contributed by atoms with Crippen molar-refractivity contribution in [2.75, 3.05) is 11.9 Å². The predicted molar refractivity (Wildman–Crippen MR) is 122 cm³/mol. The first-order valence-corrected chi connectivity index (χ1v) is 11.3. The third kappa shape index (κ3) is 4.27. The van der Waals surface area contributed by atoms with Gasteiger partial charge in [0.25, 0.3) is 5.91 Å². The van der Waals surface area contributed by atoms with Crippen LogP contribution >= 0.6 is 22.9 Å². The molecule has 30 heavy (non-hydrogen) atoms. The number of fused-ring (bicyclic) bond motifs is 1. The van der Waals surface area contributed by atoms with Crippen molar-refractivity contribution in [3.63, 3.8) is 0 Å². The van der Waals surface area contributed by atoms with Crippen molar-refractivity contribution < 1.29 is 14.3 Å². The zero-order valence-electron chi connectivity index (χ0n) is 16.7. The van der Waals surface area contributed by atoms with E-state index < -0.39 is 5.97 Å². The van der Waals surface area contributed by atoms with Crippen LogP contribution in [0.2, 0.25) is 5.02 Å². The Balaban J connectivity index is 1.70. The largest absolute Gasteiger partial charge is 0.462 e. The van der Waals surface area contributed by atoms with Crippen LogP contribution < -0.4 is 5.32 Å². The lowest BCUT2D eigenvalue weighted by Gasteiger charge is -2.17. The quantitative estimate of drug-likeness (QED) is 0.469. The van der Waals surface area contributed by atoms with E-state index in [9.17, 15) is 9.59 Å². The van der Waals surface area contributed by atoms with E-state index in [-0.39, 0.29) is 12.5 Å². The topological polar surface area (TPSA) is 55.4 Å². The lowest BCUT2D eigenvalue weighted by molar-refractivity contribution is 0.0529. The molecule has 0 radical (unpaired) electrons. The van der Waals surface area contributed by atoms with Crippen LogP contribution in [0.5, 0.6) is 0 Å². The summed E-state index contributed by atoms with van der Waals surface area (Å²) in [5.74, 6) is -0.728. The molecule has 0 bridgehead atoms. The van der Waals surface area contributed by atoms with Gasteiger partial charge in [-0.15, -0.1) is 11.3 Å². The molecule has 0 fully saturated rings. The minimum atomic E-state index is -0.433. The third-order valence-corrected chi connectivity index (χ3v) is 6.41. The zero-order valence-corrected chi connectivity index (χ0v) is 18.2. The first kappa shape index (κ1) is 20.6. The molecule has 0 saturated carbocycles. The summed E-state index contributed by atoms with van der Waals surface area (Å²) in [5.41, 5.74) is 5.36. The highest BCUT2D eigenvalue weighted by atomic mass is 35.5. The van der Waals surface area contributed by atoms with Gasteiger partial charge in [0.1, 0.15) is 10.6 Å². The van der Waals surface area contributed by atoms with E-state index in [2.05, 4.69) is 23.5 Å². The molecule has 1 heterocycles. The number of carbonyl (C=O) groups is 2. The van der Waals surface area contributed by atoms with E-state index in [1.54, 1.807) is 31.2 Å². The fourth-order valence-electron chi connectivity index (χ4n) is 3.75. The Bertz CT molecular complexity index is 1090. The molecule has 6 heteroatoms. The Morgan fingerprint density at radius 3 is 2.53 bits per heavy atom. The number of aryl methyl sites for hydroxylation is 2. The summed E-state index contributed by atoms with van der Waals surface area (Å²) in [5, 5.41) is 5.83. The number of hydrogen-bond acceptors (Lipinski definition) is 4. The van der Waals surface area contributed by atoms with E-state index in [1.807, 2.05) is 5.38 Å². The van der Waals surface area contributed by atoms with E-state index in [1.165, 1.54) is 35.3 Å². The molecule has 0 aliphatic heterocycles. The number of hydrogen-bond donors (Lipinski definition) is 1. The first-order valence-electron chi connectivity index (χ1n) is 10.0. The Labute approximate surface area is 184 Å². The van der Waals surface area contributed by atoms with Gasteiger partial charge in [-0.25, -0.2) is 4.79 Å². The molecule has 0 atom stereocenters. The number of benzene rings is 2. The normalized spacial score (nSPS) is 12.9. The molecule has 3 aromatic rings. The Hall–Kier alpha value is -2.63. The molecule has 1 N–H and O–H groups in total. The smallest absolute Gasteiger partial charge is 0.341 e. The van der Waals surface area contributed by atoms with Gasteiger partial charge in [0.2, 0.25) is 0 Å². The van der Waals surface area contributed by atoms with Crippen molar-refractivity contribution in [1.29, 1.82) is 0 Å². The lowest BCUT2D eigenvalue weighted by atomic mass is 9.89. The number of anilines is 1. The maximum absolute atomic E-state index is 12.8. The maximum Gasteiger partial charge on any atom is 0.341 e. The third-order valence-electron chi connectivity index (χ3n) is 5.26. The number of nitrogens with one attached hydrogen (secondary N) is 1. The first-order chi connectivity index (χ1) is 14.6. The van der Waals surface area contributed by atoms with Gasteiger partial charge in [-0.05, 0) is 73.6 Å². The van der Waals surface area contributed by atoms with E-state index >= 15 is 0 Å². The molecule has 0 unspecified atom stereocenters. The van der Waals surface area contributed by atoms with Crippen molar-refractivity contribution in [3.05, 3.63) is 75.1 Å². The van der Waals surface area contributed by atoms with Gasteiger partial charge in [-0.2, -0.15) is 0 Å². The Morgan fingerprint density at radius 1 is 1.07 bits per heavy atom. The van der Waals surface area contributed by atoms with Crippen molar-refractivity contribution in [3.8, 4) is 11.1 Å². The van der Waals surface area contributed by atoms with Crippen LogP contribution in [0.4, 0.5) is 5.00 Å². The van der Waals surface area contributed by atoms with Crippen molar-refractivity contribution in [2.45, 2.75) is 32.6 Å². The summed E-state index contributed by atoms with van der Waals surface area (Å²) >= 11 is 7.24. The average molecular weight is 440 g/mol. The molecule has 154 valence electrons. The number of carbonyl (C=O) groups excluding carboxylic acids is 2. The van der Waals surface area contributed by atoms with Gasteiger partial charge < -0.3 is 10.1 Å². The van der Waals surface area contributed by atoms with Gasteiger partial charge >= 0.3 is 5.97 Å². The number of esters is 1. The van der Waals surface area contributed by atoms with E-state index in [0.717, 1.165) is 24.0 Å². The Morgan fingerprint density at radius 2 is 1.80 bits per heavy atom. The summed E-state index contributed by atoms with van der Waals surface area (Å²) in [4.78, 5) is 25.5. The van der Waals surface area contributed by atoms with Crippen LogP contribution in [-0.4, -0.2) is 18.5 Å². The van der Waals surface area contributed by atoms with Gasteiger partial charge in [0, 0.05) is 21.5 Å². The van der Waals surface area contributed by atoms with Crippen LogP contribution in [0, 0.1) is 0 Å². The molecule has 1 aromatic heterocycles. The van der Waals surface area contributed by atoms with Gasteiger partial charge in [0.05, 0.1) is 6.61 Å². The number of amides is 1. The number of halogens is 1. The van der Waals surface area contributed by atoms with Crippen molar-refractivity contribution in [1.82, 2.24) is 0 Å². The number of rotatable bonds is 5. The second-order valence-electron chi connectivity index (χ2n) is 7.23. The monoisotopic (exact) mass is 439 g/mol. The second kappa shape index (κ2) is 9.02. The maximum atomic E-state index is 12.8. The molecular weight excluding hydrogens is 418 g/mol. The molecule has 0 spiro atoms. The molecule has 0 saturated heterocycles. The van der Waals surface area contributed by atoms with Crippen LogP contribution in [-0.2, 0) is 17.6 Å². The number of thiophene rings is 1. The highest BCUT2D eigenvalue weighted by Gasteiger charge is 2.24. The second-order valence-corrected chi connectivity index (χ2v) is 8.54. The van der Waals surface area contributed by atoms with Crippen molar-refractivity contribution in [2.24, 2.45) is 0 Å². The van der Waals surface area contributed by atoms with Crippen LogP contribution in [0.3, 0.4) is 0 Å². The fourth-order valence-corrected chi connectivity index (χ4v) is 4.82. The molecule has 4 rings (SSSR count).